The molecule has 0 saturated heterocycles. The molecule has 5 heteroatoms. The van der Waals surface area contributed by atoms with Gasteiger partial charge in [-0.1, -0.05) is 0 Å². The van der Waals surface area contributed by atoms with E-state index in [1.54, 1.807) is 19.1 Å². The van der Waals surface area contributed by atoms with E-state index in [4.69, 9.17) is 9.47 Å². The third-order valence-electron chi connectivity index (χ3n) is 3.10. The first kappa shape index (κ1) is 13.6. The summed E-state index contributed by atoms with van der Waals surface area (Å²) in [6, 6.07) is 4.19. The fourth-order valence-electron chi connectivity index (χ4n) is 1.97. The summed E-state index contributed by atoms with van der Waals surface area (Å²) in [6.07, 6.45) is 1.98. The van der Waals surface area contributed by atoms with Gasteiger partial charge in [0, 0.05) is 11.8 Å². The number of anilines is 1. The van der Waals surface area contributed by atoms with Crippen LogP contribution < -0.4 is 10.1 Å². The lowest BCUT2D eigenvalue weighted by Crippen LogP contribution is -2.32. The van der Waals surface area contributed by atoms with Crippen LogP contribution in [0.15, 0.2) is 18.2 Å². The molecule has 2 rings (SSSR count). The summed E-state index contributed by atoms with van der Waals surface area (Å²) >= 11 is 0. The van der Waals surface area contributed by atoms with Crippen molar-refractivity contribution in [3.63, 3.8) is 0 Å². The second-order valence-electron chi connectivity index (χ2n) is 4.56. The van der Waals surface area contributed by atoms with Crippen LogP contribution >= 0.6 is 0 Å². The topological polar surface area (TPSA) is 47.6 Å². The van der Waals surface area contributed by atoms with Crippen molar-refractivity contribution in [2.75, 3.05) is 19.0 Å². The number of carbonyl (C=O) groups is 1. The summed E-state index contributed by atoms with van der Waals surface area (Å²) in [5, 5.41) is 3.03. The largest absolute Gasteiger partial charge is 0.491 e. The summed E-state index contributed by atoms with van der Waals surface area (Å²) in [4.78, 5) is 11.6. The molecule has 1 N–H and O–H groups in total. The van der Waals surface area contributed by atoms with E-state index < -0.39 is 11.9 Å². The Labute approximate surface area is 111 Å². The van der Waals surface area contributed by atoms with Gasteiger partial charge < -0.3 is 14.8 Å². The van der Waals surface area contributed by atoms with Crippen molar-refractivity contribution in [3.05, 3.63) is 24.0 Å². The van der Waals surface area contributed by atoms with Crippen LogP contribution in [0.1, 0.15) is 19.8 Å². The zero-order valence-corrected chi connectivity index (χ0v) is 11.1. The molecule has 1 fully saturated rings. The van der Waals surface area contributed by atoms with E-state index in [0.29, 0.717) is 12.3 Å². The highest BCUT2D eigenvalue weighted by Gasteiger charge is 2.37. The average Bonchev–Trinajstić information content (AvgIpc) is 3.22. The Balaban J connectivity index is 2.08. The second-order valence-corrected chi connectivity index (χ2v) is 4.56. The van der Waals surface area contributed by atoms with Gasteiger partial charge in [-0.15, -0.1) is 0 Å². The predicted molar refractivity (Wildman–Crippen MR) is 69.7 cm³/mol. The molecular weight excluding hydrogens is 249 g/mol. The van der Waals surface area contributed by atoms with Gasteiger partial charge in [0.25, 0.3) is 0 Å². The van der Waals surface area contributed by atoms with Crippen molar-refractivity contribution in [1.29, 1.82) is 0 Å². The van der Waals surface area contributed by atoms with Crippen molar-refractivity contribution < 1.29 is 18.7 Å². The molecular formula is C14H18FNO3. The minimum Gasteiger partial charge on any atom is -0.491 e. The van der Waals surface area contributed by atoms with E-state index >= 15 is 0 Å². The second kappa shape index (κ2) is 5.91. The lowest BCUT2D eigenvalue weighted by molar-refractivity contribution is -0.142. The molecule has 1 aliphatic rings. The van der Waals surface area contributed by atoms with Crippen molar-refractivity contribution in [2.45, 2.75) is 25.8 Å². The lowest BCUT2D eigenvalue weighted by Gasteiger charge is -2.17. The molecule has 0 radical (unpaired) electrons. The Morgan fingerprint density at radius 3 is 2.79 bits per heavy atom. The number of methoxy groups -OCH3 is 1. The van der Waals surface area contributed by atoms with Crippen molar-refractivity contribution in [3.8, 4) is 5.75 Å². The van der Waals surface area contributed by atoms with E-state index in [2.05, 4.69) is 5.32 Å². The van der Waals surface area contributed by atoms with Gasteiger partial charge in [-0.25, -0.2) is 9.18 Å². The van der Waals surface area contributed by atoms with Crippen LogP contribution in [-0.2, 0) is 9.53 Å². The maximum Gasteiger partial charge on any atom is 0.328 e. The normalized spacial score (nSPS) is 15.7. The van der Waals surface area contributed by atoms with Crippen LogP contribution in [-0.4, -0.2) is 25.7 Å². The van der Waals surface area contributed by atoms with Crippen LogP contribution in [0.4, 0.5) is 10.1 Å². The van der Waals surface area contributed by atoms with Crippen molar-refractivity contribution >= 4 is 11.7 Å². The monoisotopic (exact) mass is 267 g/mol. The zero-order chi connectivity index (χ0) is 13.8. The average molecular weight is 267 g/mol. The quantitative estimate of drug-likeness (QED) is 0.805. The van der Waals surface area contributed by atoms with Crippen LogP contribution in [0, 0.1) is 11.7 Å². The number of rotatable bonds is 6. The van der Waals surface area contributed by atoms with E-state index in [1.165, 1.54) is 13.2 Å². The molecule has 104 valence electrons. The first-order valence-corrected chi connectivity index (χ1v) is 6.42. The highest BCUT2D eigenvalue weighted by molar-refractivity contribution is 5.80. The number of halogens is 1. The van der Waals surface area contributed by atoms with Gasteiger partial charge in [0.05, 0.1) is 13.7 Å². The molecule has 0 aliphatic heterocycles. The van der Waals surface area contributed by atoms with Gasteiger partial charge in [0.2, 0.25) is 0 Å². The molecule has 4 nitrogen and oxygen atoms in total. The molecule has 0 bridgehead atoms. The Bertz CT molecular complexity index is 460. The number of esters is 1. The van der Waals surface area contributed by atoms with Gasteiger partial charge in [0.15, 0.2) is 11.6 Å². The van der Waals surface area contributed by atoms with E-state index in [1.807, 2.05) is 0 Å². The van der Waals surface area contributed by atoms with Crippen LogP contribution in [0.25, 0.3) is 0 Å². The Morgan fingerprint density at radius 1 is 1.53 bits per heavy atom. The lowest BCUT2D eigenvalue weighted by atomic mass is 10.1. The molecule has 1 atom stereocenters. The summed E-state index contributed by atoms with van der Waals surface area (Å²) < 4.78 is 23.6. The highest BCUT2D eigenvalue weighted by Crippen LogP contribution is 2.35. The van der Waals surface area contributed by atoms with Crippen LogP contribution in [0.3, 0.4) is 0 Å². The fourth-order valence-corrected chi connectivity index (χ4v) is 1.97. The fraction of sp³-hybridized carbons (Fsp3) is 0.500. The predicted octanol–water partition coefficient (Wildman–Crippen LogP) is 2.59. The van der Waals surface area contributed by atoms with E-state index in [-0.39, 0.29) is 17.6 Å². The highest BCUT2D eigenvalue weighted by atomic mass is 19.1. The Hall–Kier alpha value is -1.78. The first-order valence-electron chi connectivity index (χ1n) is 6.42. The SMILES string of the molecule is CCOc1ccc(NC(C(=O)OC)C2CC2)cc1F. The smallest absolute Gasteiger partial charge is 0.328 e. The molecule has 0 heterocycles. The van der Waals surface area contributed by atoms with Crippen LogP contribution in [0.2, 0.25) is 0 Å². The Morgan fingerprint density at radius 2 is 2.26 bits per heavy atom. The molecule has 1 saturated carbocycles. The number of hydrogen-bond acceptors (Lipinski definition) is 4. The van der Waals surface area contributed by atoms with Gasteiger partial charge in [-0.2, -0.15) is 0 Å². The third kappa shape index (κ3) is 3.36. The molecule has 0 amide bonds. The standard InChI is InChI=1S/C14H18FNO3/c1-3-19-12-7-6-10(8-11(12)15)16-13(9-4-5-9)14(17)18-2/h6-9,13,16H,3-5H2,1-2H3. The molecule has 1 aromatic carbocycles. The summed E-state index contributed by atoms with van der Waals surface area (Å²) in [5.74, 6) is -0.251. The number of benzene rings is 1. The molecule has 1 unspecified atom stereocenters. The van der Waals surface area contributed by atoms with Gasteiger partial charge in [-0.3, -0.25) is 0 Å². The molecule has 19 heavy (non-hydrogen) atoms. The maximum atomic E-state index is 13.7. The van der Waals surface area contributed by atoms with Crippen molar-refractivity contribution in [1.82, 2.24) is 0 Å². The minimum atomic E-state index is -0.439. The minimum absolute atomic E-state index is 0.217. The first-order chi connectivity index (χ1) is 9.15. The van der Waals surface area contributed by atoms with E-state index in [9.17, 15) is 9.18 Å². The Kier molecular flexibility index (Phi) is 4.24. The molecule has 1 aromatic rings. The number of carbonyl (C=O) groups excluding carboxylic acids is 1. The summed E-state index contributed by atoms with van der Waals surface area (Å²) in [6.45, 7) is 2.21. The number of ether oxygens (including phenoxy) is 2. The van der Waals surface area contributed by atoms with Gasteiger partial charge in [-0.05, 0) is 37.8 Å². The van der Waals surface area contributed by atoms with Gasteiger partial charge >= 0.3 is 5.97 Å². The molecule has 0 aromatic heterocycles. The van der Waals surface area contributed by atoms with Gasteiger partial charge in [0.1, 0.15) is 6.04 Å². The van der Waals surface area contributed by atoms with Crippen LogP contribution in [0.5, 0.6) is 5.75 Å². The zero-order valence-electron chi connectivity index (χ0n) is 11.1. The van der Waals surface area contributed by atoms with E-state index in [0.717, 1.165) is 12.8 Å². The third-order valence-corrected chi connectivity index (χ3v) is 3.10. The molecule has 0 spiro atoms. The summed E-state index contributed by atoms with van der Waals surface area (Å²) in [7, 11) is 1.36. The molecule has 1 aliphatic carbocycles. The number of nitrogens with one attached hydrogen (secondary N) is 1. The van der Waals surface area contributed by atoms with Crippen molar-refractivity contribution in [2.24, 2.45) is 5.92 Å². The maximum absolute atomic E-state index is 13.7. The summed E-state index contributed by atoms with van der Waals surface area (Å²) in [5.41, 5.74) is 0.559. The number of hydrogen-bond donors (Lipinski definition) is 1.